The summed E-state index contributed by atoms with van der Waals surface area (Å²) in [7, 11) is 0. The van der Waals surface area contributed by atoms with Gasteiger partial charge in [0.25, 0.3) is 6.01 Å². The van der Waals surface area contributed by atoms with Crippen LogP contribution in [0.15, 0.2) is 60.7 Å². The van der Waals surface area contributed by atoms with Crippen LogP contribution in [0, 0.1) is 5.92 Å². The number of halogens is 1. The molecule has 0 bridgehead atoms. The molecule has 2 aromatic carbocycles. The maximum absolute atomic E-state index is 11.1. The Balaban J connectivity index is 1.21. The molecule has 8 nitrogen and oxygen atoms in total. The van der Waals surface area contributed by atoms with Crippen LogP contribution in [0.2, 0.25) is 5.02 Å². The SMILES string of the molecule is O=C(O)C[C@@H]1CO[C@@H]2[C@@H]1OC[C@H]2Oc1nc2nc(-c3ccc(-c4ccccc4)cc3)c(Cl)cc2[nH]1. The van der Waals surface area contributed by atoms with E-state index in [2.05, 4.69) is 27.1 Å². The highest BCUT2D eigenvalue weighted by molar-refractivity contribution is 6.33. The van der Waals surface area contributed by atoms with E-state index in [0.717, 1.165) is 16.7 Å². The Morgan fingerprint density at radius 1 is 1.00 bits per heavy atom. The normalized spacial score (nSPS) is 23.5. The van der Waals surface area contributed by atoms with Crippen molar-refractivity contribution in [3.8, 4) is 28.4 Å². The number of aromatic amines is 1. The number of carboxylic acid groups (broad SMARTS) is 1. The molecule has 0 saturated carbocycles. The van der Waals surface area contributed by atoms with E-state index in [1.54, 1.807) is 6.07 Å². The predicted octanol–water partition coefficient (Wildman–Crippen LogP) is 4.58. The van der Waals surface area contributed by atoms with Crippen molar-refractivity contribution in [2.75, 3.05) is 13.2 Å². The fourth-order valence-corrected chi connectivity index (χ4v) is 5.05. The third-order valence-corrected chi connectivity index (χ3v) is 6.77. The van der Waals surface area contributed by atoms with Crippen LogP contribution >= 0.6 is 11.6 Å². The average Bonchev–Trinajstić information content (AvgIpc) is 3.55. The average molecular weight is 492 g/mol. The minimum absolute atomic E-state index is 0.00997. The van der Waals surface area contributed by atoms with Gasteiger partial charge in [-0.05, 0) is 17.2 Å². The third kappa shape index (κ3) is 4.25. The molecule has 9 heteroatoms. The molecule has 4 heterocycles. The Kier molecular flexibility index (Phi) is 5.64. The standard InChI is InChI=1S/C26H22ClN3O5/c27-18-11-19-25(29-22(18)16-8-6-15(7-9-16)14-4-2-1-3-5-14)30-26(28-19)35-20-13-34-23-17(10-21(31)32)12-33-24(20)23/h1-9,11,17,20,23-24H,10,12-13H2,(H,31,32)(H,28,29,30)/t17-,20-,23-,24+/m1/s1. The number of rotatable bonds is 6. The number of hydrogen-bond donors (Lipinski definition) is 2. The van der Waals surface area contributed by atoms with E-state index in [9.17, 15) is 4.79 Å². The van der Waals surface area contributed by atoms with Gasteiger partial charge in [-0.2, -0.15) is 4.98 Å². The van der Waals surface area contributed by atoms with Crippen LogP contribution < -0.4 is 4.74 Å². The molecule has 178 valence electrons. The summed E-state index contributed by atoms with van der Waals surface area (Å²) in [6.45, 7) is 0.640. The summed E-state index contributed by atoms with van der Waals surface area (Å²) < 4.78 is 17.6. The number of hydrogen-bond acceptors (Lipinski definition) is 6. The number of fused-ring (bicyclic) bond motifs is 2. The molecule has 0 spiro atoms. The molecule has 0 amide bonds. The number of pyridine rings is 1. The van der Waals surface area contributed by atoms with Gasteiger partial charge in [0, 0.05) is 11.5 Å². The molecular weight excluding hydrogens is 470 g/mol. The molecular formula is C26H22ClN3O5. The number of aliphatic carboxylic acids is 1. The van der Waals surface area contributed by atoms with Gasteiger partial charge in [-0.3, -0.25) is 4.79 Å². The van der Waals surface area contributed by atoms with Gasteiger partial charge in [0.05, 0.1) is 42.0 Å². The van der Waals surface area contributed by atoms with Crippen LogP contribution in [0.5, 0.6) is 6.01 Å². The van der Waals surface area contributed by atoms with E-state index in [0.29, 0.717) is 41.1 Å². The van der Waals surface area contributed by atoms with Crippen LogP contribution in [-0.2, 0) is 14.3 Å². The summed E-state index contributed by atoms with van der Waals surface area (Å²) in [5.74, 6) is -1.05. The first kappa shape index (κ1) is 22.0. The second-order valence-corrected chi connectivity index (χ2v) is 9.19. The lowest BCUT2D eigenvalue weighted by atomic mass is 9.98. The van der Waals surface area contributed by atoms with Crippen LogP contribution in [0.3, 0.4) is 0 Å². The van der Waals surface area contributed by atoms with Crippen molar-refractivity contribution in [3.63, 3.8) is 0 Å². The zero-order valence-corrected chi connectivity index (χ0v) is 19.3. The Bertz CT molecular complexity index is 1380. The first-order valence-corrected chi connectivity index (χ1v) is 11.8. The van der Waals surface area contributed by atoms with Gasteiger partial charge in [0.2, 0.25) is 0 Å². The summed E-state index contributed by atoms with van der Waals surface area (Å²) in [6.07, 6.45) is -1.00. The fourth-order valence-electron chi connectivity index (χ4n) is 4.79. The molecule has 0 aliphatic carbocycles. The summed E-state index contributed by atoms with van der Waals surface area (Å²) in [5, 5.41) is 9.59. The highest BCUT2D eigenvalue weighted by Crippen LogP contribution is 2.35. The number of H-pyrrole nitrogens is 1. The molecule has 2 N–H and O–H groups in total. The maximum Gasteiger partial charge on any atom is 0.303 e. The van der Waals surface area contributed by atoms with E-state index in [4.69, 9.17) is 30.9 Å². The van der Waals surface area contributed by atoms with Gasteiger partial charge in [-0.25, -0.2) is 4.98 Å². The Hall–Kier alpha value is -3.46. The fraction of sp³-hybridized carbons (Fsp3) is 0.269. The van der Waals surface area contributed by atoms with Gasteiger partial charge < -0.3 is 24.3 Å². The van der Waals surface area contributed by atoms with Crippen molar-refractivity contribution in [2.24, 2.45) is 5.92 Å². The van der Waals surface area contributed by atoms with Gasteiger partial charge in [-0.1, -0.05) is 66.2 Å². The van der Waals surface area contributed by atoms with E-state index in [1.807, 2.05) is 42.5 Å². The predicted molar refractivity (Wildman–Crippen MR) is 129 cm³/mol. The number of aromatic nitrogens is 3. The number of carbonyl (C=O) groups is 1. The zero-order chi connectivity index (χ0) is 23.9. The topological polar surface area (TPSA) is 107 Å². The van der Waals surface area contributed by atoms with Crippen LogP contribution in [0.25, 0.3) is 33.5 Å². The number of ether oxygens (including phenoxy) is 3. The number of nitrogens with zero attached hydrogens (tertiary/aromatic N) is 2. The number of imidazole rings is 1. The van der Waals surface area contributed by atoms with E-state index < -0.39 is 5.97 Å². The van der Waals surface area contributed by atoms with Crippen molar-refractivity contribution in [3.05, 3.63) is 65.7 Å². The van der Waals surface area contributed by atoms with Crippen LogP contribution in [-0.4, -0.2) is 57.6 Å². The van der Waals surface area contributed by atoms with Crippen molar-refractivity contribution in [1.29, 1.82) is 0 Å². The van der Waals surface area contributed by atoms with Gasteiger partial charge in [0.15, 0.2) is 11.8 Å². The molecule has 35 heavy (non-hydrogen) atoms. The number of nitrogens with one attached hydrogen (secondary N) is 1. The van der Waals surface area contributed by atoms with Gasteiger partial charge in [0.1, 0.15) is 6.10 Å². The summed E-state index contributed by atoms with van der Waals surface area (Å²) in [5.41, 5.74) is 4.91. The van der Waals surface area contributed by atoms with Crippen molar-refractivity contribution >= 4 is 28.7 Å². The van der Waals surface area contributed by atoms with Crippen LogP contribution in [0.4, 0.5) is 0 Å². The van der Waals surface area contributed by atoms with E-state index in [1.165, 1.54) is 0 Å². The van der Waals surface area contributed by atoms with Crippen molar-refractivity contribution in [2.45, 2.75) is 24.7 Å². The largest absolute Gasteiger partial charge is 0.481 e. The summed E-state index contributed by atoms with van der Waals surface area (Å²) >= 11 is 6.57. The molecule has 2 aliphatic heterocycles. The highest BCUT2D eigenvalue weighted by atomic mass is 35.5. The number of benzene rings is 2. The summed E-state index contributed by atoms with van der Waals surface area (Å²) in [6, 6.07) is 20.3. The maximum atomic E-state index is 11.1. The molecule has 4 aromatic rings. The van der Waals surface area contributed by atoms with E-state index in [-0.39, 0.29) is 30.7 Å². The lowest BCUT2D eigenvalue weighted by Crippen LogP contribution is -2.34. The minimum Gasteiger partial charge on any atom is -0.481 e. The molecule has 0 radical (unpaired) electrons. The quantitative estimate of drug-likeness (QED) is 0.406. The first-order valence-electron chi connectivity index (χ1n) is 11.4. The smallest absolute Gasteiger partial charge is 0.303 e. The summed E-state index contributed by atoms with van der Waals surface area (Å²) in [4.78, 5) is 23.4. The molecule has 2 aliphatic rings. The van der Waals surface area contributed by atoms with Gasteiger partial charge in [-0.15, -0.1) is 0 Å². The number of carboxylic acids is 1. The molecule has 2 aromatic heterocycles. The highest BCUT2D eigenvalue weighted by Gasteiger charge is 2.49. The molecule has 6 rings (SSSR count). The molecule has 2 fully saturated rings. The zero-order valence-electron chi connectivity index (χ0n) is 18.6. The molecule has 0 unspecified atom stereocenters. The monoisotopic (exact) mass is 491 g/mol. The Labute approximate surface area is 205 Å². The van der Waals surface area contributed by atoms with Gasteiger partial charge >= 0.3 is 5.97 Å². The van der Waals surface area contributed by atoms with Crippen LogP contribution in [0.1, 0.15) is 6.42 Å². The lowest BCUT2D eigenvalue weighted by Gasteiger charge is -2.16. The minimum atomic E-state index is -0.863. The Morgan fingerprint density at radius 3 is 2.49 bits per heavy atom. The lowest BCUT2D eigenvalue weighted by molar-refractivity contribution is -0.138. The third-order valence-electron chi connectivity index (χ3n) is 6.48. The van der Waals surface area contributed by atoms with Crippen molar-refractivity contribution in [1.82, 2.24) is 15.0 Å². The first-order chi connectivity index (χ1) is 17.0. The second-order valence-electron chi connectivity index (χ2n) is 8.79. The van der Waals surface area contributed by atoms with E-state index >= 15 is 0 Å². The second kappa shape index (κ2) is 8.96. The molecule has 4 atom stereocenters. The molecule has 2 saturated heterocycles. The van der Waals surface area contributed by atoms with Crippen molar-refractivity contribution < 1.29 is 24.1 Å². The Morgan fingerprint density at radius 2 is 1.71 bits per heavy atom.